The zero-order chi connectivity index (χ0) is 18.3. The third kappa shape index (κ3) is 2.99. The van der Waals surface area contributed by atoms with Crippen molar-refractivity contribution in [3.05, 3.63) is 12.7 Å². The average Bonchev–Trinajstić information content (AvgIpc) is 2.40. The zero-order valence-electron chi connectivity index (χ0n) is 14.0. The lowest BCUT2D eigenvalue weighted by Crippen LogP contribution is -2.85. The van der Waals surface area contributed by atoms with E-state index in [1.165, 1.54) is 34.6 Å². The van der Waals surface area contributed by atoms with E-state index >= 15 is 0 Å². The summed E-state index contributed by atoms with van der Waals surface area (Å²) in [6.07, 6.45) is -0.298. The molecule has 5 unspecified atom stereocenters. The van der Waals surface area contributed by atoms with Crippen molar-refractivity contribution < 1.29 is 34.4 Å². The van der Waals surface area contributed by atoms with E-state index in [1.54, 1.807) is 0 Å². The highest BCUT2D eigenvalue weighted by atomic mass is 16.7. The molecule has 8 heteroatoms. The van der Waals surface area contributed by atoms with E-state index in [4.69, 9.17) is 9.47 Å². The number of ether oxygens (including phenoxy) is 2. The Labute approximate surface area is 135 Å². The molecular weight excluding hydrogens is 306 g/mol. The fourth-order valence-corrected chi connectivity index (χ4v) is 2.78. The molecule has 0 saturated carbocycles. The minimum absolute atomic E-state index is 0.416. The maximum atomic E-state index is 11.5. The molecule has 132 valence electrons. The van der Waals surface area contributed by atoms with Gasteiger partial charge in [-0.25, -0.2) is 4.79 Å². The summed E-state index contributed by atoms with van der Waals surface area (Å²) >= 11 is 0. The highest BCUT2D eigenvalue weighted by Gasteiger charge is 2.70. The fourth-order valence-electron chi connectivity index (χ4n) is 2.78. The fraction of sp³-hybridized carbons (Fsp3) is 0.733. The molecule has 1 heterocycles. The first-order valence-electron chi connectivity index (χ1n) is 7.16. The van der Waals surface area contributed by atoms with Crippen molar-refractivity contribution in [2.45, 2.75) is 63.3 Å². The number of amides is 1. The molecule has 1 amide bonds. The molecule has 5 atom stereocenters. The maximum absolute atomic E-state index is 11.5. The van der Waals surface area contributed by atoms with Crippen LogP contribution in [-0.4, -0.2) is 62.4 Å². The van der Waals surface area contributed by atoms with Crippen molar-refractivity contribution in [3.63, 3.8) is 0 Å². The quantitative estimate of drug-likeness (QED) is 0.393. The van der Waals surface area contributed by atoms with E-state index in [-0.39, 0.29) is 0 Å². The van der Waals surface area contributed by atoms with E-state index < -0.39 is 47.1 Å². The summed E-state index contributed by atoms with van der Waals surface area (Å²) in [5.74, 6) is -3.31. The first-order valence-corrected chi connectivity index (χ1v) is 7.16. The van der Waals surface area contributed by atoms with E-state index in [9.17, 15) is 24.9 Å². The highest BCUT2D eigenvalue weighted by Crippen LogP contribution is 2.48. The molecule has 1 saturated heterocycles. The van der Waals surface area contributed by atoms with Gasteiger partial charge in [-0.1, -0.05) is 6.58 Å². The van der Waals surface area contributed by atoms with Crippen molar-refractivity contribution in [2.24, 2.45) is 0 Å². The average molecular weight is 331 g/mol. The summed E-state index contributed by atoms with van der Waals surface area (Å²) in [5, 5.41) is 34.8. The van der Waals surface area contributed by atoms with Crippen molar-refractivity contribution in [1.82, 2.24) is 5.32 Å². The summed E-state index contributed by atoms with van der Waals surface area (Å²) in [5.41, 5.74) is -5.69. The molecule has 1 fully saturated rings. The Balaban J connectivity index is 3.25. The third-order valence-electron chi connectivity index (χ3n) is 4.86. The summed E-state index contributed by atoms with van der Waals surface area (Å²) in [6, 6.07) is 0. The van der Waals surface area contributed by atoms with Gasteiger partial charge in [-0.2, -0.15) is 0 Å². The normalized spacial score (nSPS) is 43.6. The second-order valence-corrected chi connectivity index (χ2v) is 6.45. The lowest BCUT2D eigenvalue weighted by Gasteiger charge is -2.62. The van der Waals surface area contributed by atoms with Crippen LogP contribution < -0.4 is 5.32 Å². The van der Waals surface area contributed by atoms with E-state index in [0.717, 1.165) is 6.08 Å². The molecule has 8 nitrogen and oxygen atoms in total. The Morgan fingerprint density at radius 3 is 2.22 bits per heavy atom. The third-order valence-corrected chi connectivity index (χ3v) is 4.86. The number of aliphatic hydroxyl groups is 3. The number of nitrogens with one attached hydrogen (secondary N) is 1. The van der Waals surface area contributed by atoms with Gasteiger partial charge in [-0.05, 0) is 27.7 Å². The summed E-state index contributed by atoms with van der Waals surface area (Å²) in [7, 11) is 0. The van der Waals surface area contributed by atoms with Crippen LogP contribution in [0.5, 0.6) is 0 Å². The van der Waals surface area contributed by atoms with Crippen LogP contribution in [0.3, 0.4) is 0 Å². The van der Waals surface area contributed by atoms with Crippen LogP contribution in [0.4, 0.5) is 0 Å². The monoisotopic (exact) mass is 331 g/mol. The molecule has 23 heavy (non-hydrogen) atoms. The van der Waals surface area contributed by atoms with E-state index in [1.807, 2.05) is 0 Å². The standard InChI is InChI=1S/C15H25NO7/c1-7-11(18)22-8-10-12(3,19)14(5,20)13(4,16-9(2)17)15(6,21)23-10/h7,10,19-21H,1,8H2,2-6H3,(H,16,17). The Kier molecular flexibility index (Phi) is 4.99. The van der Waals surface area contributed by atoms with Crippen LogP contribution in [0.1, 0.15) is 34.6 Å². The zero-order valence-corrected chi connectivity index (χ0v) is 14.0. The number of rotatable bonds is 4. The molecule has 0 aromatic heterocycles. The van der Waals surface area contributed by atoms with Gasteiger partial charge in [0.2, 0.25) is 5.91 Å². The Morgan fingerprint density at radius 2 is 1.78 bits per heavy atom. The Hall–Kier alpha value is -1.48. The van der Waals surface area contributed by atoms with Gasteiger partial charge in [0.05, 0.1) is 0 Å². The molecular formula is C15H25NO7. The number of hydrogen-bond acceptors (Lipinski definition) is 7. The van der Waals surface area contributed by atoms with Crippen LogP contribution in [0.2, 0.25) is 0 Å². The van der Waals surface area contributed by atoms with Gasteiger partial charge >= 0.3 is 5.97 Å². The minimum Gasteiger partial charge on any atom is -0.460 e. The van der Waals surface area contributed by atoms with E-state index in [0.29, 0.717) is 0 Å². The van der Waals surface area contributed by atoms with Crippen molar-refractivity contribution in [2.75, 3.05) is 6.61 Å². The molecule has 0 aliphatic carbocycles. The van der Waals surface area contributed by atoms with Crippen molar-refractivity contribution in [3.8, 4) is 0 Å². The molecule has 0 aromatic rings. The summed E-state index contributed by atoms with van der Waals surface area (Å²) in [6.45, 7) is 9.19. The van der Waals surface area contributed by atoms with Crippen LogP contribution >= 0.6 is 0 Å². The number of carbonyl (C=O) groups is 2. The van der Waals surface area contributed by atoms with Gasteiger partial charge in [-0.15, -0.1) is 0 Å². The second kappa shape index (κ2) is 5.86. The number of carbonyl (C=O) groups excluding carboxylic acids is 2. The van der Waals surface area contributed by atoms with E-state index in [2.05, 4.69) is 11.9 Å². The minimum atomic E-state index is -2.05. The highest BCUT2D eigenvalue weighted by molar-refractivity contribution is 5.81. The van der Waals surface area contributed by atoms with Crippen LogP contribution in [-0.2, 0) is 19.1 Å². The topological polar surface area (TPSA) is 125 Å². The Bertz CT molecular complexity index is 512. The Morgan fingerprint density at radius 1 is 1.26 bits per heavy atom. The molecule has 1 rings (SSSR count). The predicted octanol–water partition coefficient (Wildman–Crippen LogP) is -0.780. The van der Waals surface area contributed by atoms with Crippen LogP contribution in [0.15, 0.2) is 12.7 Å². The molecule has 1 aliphatic rings. The second-order valence-electron chi connectivity index (χ2n) is 6.45. The SMILES string of the molecule is C=CC(=O)OCC1OC(C)(O)C(C)(NC(C)=O)C(C)(O)C1(C)O. The van der Waals surface area contributed by atoms with Crippen molar-refractivity contribution in [1.29, 1.82) is 0 Å². The number of esters is 1. The lowest BCUT2D eigenvalue weighted by molar-refractivity contribution is -0.386. The molecule has 0 radical (unpaired) electrons. The van der Waals surface area contributed by atoms with Gasteiger partial charge < -0.3 is 30.1 Å². The molecule has 1 aliphatic heterocycles. The lowest BCUT2D eigenvalue weighted by atomic mass is 9.63. The summed E-state index contributed by atoms with van der Waals surface area (Å²) < 4.78 is 10.3. The predicted molar refractivity (Wildman–Crippen MR) is 80.1 cm³/mol. The maximum Gasteiger partial charge on any atom is 0.330 e. The van der Waals surface area contributed by atoms with Crippen LogP contribution in [0.25, 0.3) is 0 Å². The van der Waals surface area contributed by atoms with Crippen LogP contribution in [0, 0.1) is 0 Å². The van der Waals surface area contributed by atoms with Gasteiger partial charge in [0, 0.05) is 13.0 Å². The number of hydrogen-bond donors (Lipinski definition) is 4. The van der Waals surface area contributed by atoms with Gasteiger partial charge in [-0.3, -0.25) is 4.79 Å². The molecule has 0 aromatic carbocycles. The van der Waals surface area contributed by atoms with Crippen molar-refractivity contribution >= 4 is 11.9 Å². The van der Waals surface area contributed by atoms with Gasteiger partial charge in [0.1, 0.15) is 29.5 Å². The molecule has 0 bridgehead atoms. The molecule has 4 N–H and O–H groups in total. The van der Waals surface area contributed by atoms with Gasteiger partial charge in [0.15, 0.2) is 5.79 Å². The largest absolute Gasteiger partial charge is 0.460 e. The molecule has 0 spiro atoms. The summed E-state index contributed by atoms with van der Waals surface area (Å²) in [4.78, 5) is 22.7. The van der Waals surface area contributed by atoms with Gasteiger partial charge in [0.25, 0.3) is 0 Å². The smallest absolute Gasteiger partial charge is 0.330 e. The first-order chi connectivity index (χ1) is 10.2. The first kappa shape index (κ1) is 19.6.